The number of carbonyl (C=O) groups is 4. The third-order valence-corrected chi connectivity index (χ3v) is 21.5. The van der Waals surface area contributed by atoms with E-state index in [1.807, 2.05) is 0 Å². The molecular formula is C83H162O17P2. The van der Waals surface area contributed by atoms with Crippen molar-refractivity contribution in [2.75, 3.05) is 39.6 Å². The Labute approximate surface area is 626 Å². The van der Waals surface area contributed by atoms with Crippen molar-refractivity contribution in [3.63, 3.8) is 0 Å². The van der Waals surface area contributed by atoms with Crippen molar-refractivity contribution < 1.29 is 80.2 Å². The molecule has 0 aliphatic rings. The third kappa shape index (κ3) is 76.3. The summed E-state index contributed by atoms with van der Waals surface area (Å²) in [4.78, 5) is 73.0. The fourth-order valence-corrected chi connectivity index (χ4v) is 14.6. The predicted molar refractivity (Wildman–Crippen MR) is 419 cm³/mol. The van der Waals surface area contributed by atoms with E-state index in [0.717, 1.165) is 89.9 Å². The van der Waals surface area contributed by atoms with Gasteiger partial charge >= 0.3 is 39.5 Å². The van der Waals surface area contributed by atoms with E-state index in [2.05, 4.69) is 27.7 Å². The molecule has 606 valence electrons. The van der Waals surface area contributed by atoms with Crippen molar-refractivity contribution in [1.29, 1.82) is 0 Å². The van der Waals surface area contributed by atoms with Crippen LogP contribution in [0.25, 0.3) is 0 Å². The molecule has 0 fully saturated rings. The first kappa shape index (κ1) is 100. The lowest BCUT2D eigenvalue weighted by Crippen LogP contribution is -2.30. The average Bonchev–Trinajstić information content (AvgIpc) is 1.01. The molecular weight excluding hydrogens is 1330 g/mol. The van der Waals surface area contributed by atoms with Gasteiger partial charge in [-0.25, -0.2) is 9.13 Å². The Bertz CT molecular complexity index is 1930. The van der Waals surface area contributed by atoms with Gasteiger partial charge in [0.2, 0.25) is 0 Å². The number of ether oxygens (including phenoxy) is 4. The fourth-order valence-electron chi connectivity index (χ4n) is 13.0. The molecule has 3 N–H and O–H groups in total. The van der Waals surface area contributed by atoms with E-state index in [-0.39, 0.29) is 25.7 Å². The summed E-state index contributed by atoms with van der Waals surface area (Å²) in [6.07, 6.45) is 70.8. The number of hydrogen-bond donors (Lipinski definition) is 3. The normalized spacial score (nSPS) is 13.8. The summed E-state index contributed by atoms with van der Waals surface area (Å²) >= 11 is 0. The highest BCUT2D eigenvalue weighted by Gasteiger charge is 2.30. The van der Waals surface area contributed by atoms with Gasteiger partial charge in [0.1, 0.15) is 19.3 Å². The van der Waals surface area contributed by atoms with Gasteiger partial charge in [-0.2, -0.15) is 0 Å². The molecule has 0 aliphatic heterocycles. The highest BCUT2D eigenvalue weighted by Crippen LogP contribution is 2.45. The molecule has 0 amide bonds. The zero-order valence-electron chi connectivity index (χ0n) is 66.6. The summed E-state index contributed by atoms with van der Waals surface area (Å²) < 4.78 is 68.7. The maximum absolute atomic E-state index is 13.1. The van der Waals surface area contributed by atoms with Crippen LogP contribution in [0.2, 0.25) is 0 Å². The van der Waals surface area contributed by atoms with Crippen LogP contribution < -0.4 is 0 Å². The quantitative estimate of drug-likeness (QED) is 0.0222. The molecule has 0 saturated heterocycles. The second kappa shape index (κ2) is 77.2. The molecule has 0 rings (SSSR count). The van der Waals surface area contributed by atoms with E-state index < -0.39 is 97.5 Å². The summed E-state index contributed by atoms with van der Waals surface area (Å²) in [7, 11) is -9.92. The van der Waals surface area contributed by atoms with Gasteiger partial charge in [-0.05, 0) is 25.7 Å². The van der Waals surface area contributed by atoms with Crippen LogP contribution in [0.1, 0.15) is 451 Å². The summed E-state index contributed by atoms with van der Waals surface area (Å²) in [6.45, 7) is 5.03. The molecule has 19 heteroatoms. The van der Waals surface area contributed by atoms with Crippen molar-refractivity contribution >= 4 is 39.5 Å². The summed E-state index contributed by atoms with van der Waals surface area (Å²) in [5.41, 5.74) is 0. The van der Waals surface area contributed by atoms with Crippen LogP contribution in [0.5, 0.6) is 0 Å². The van der Waals surface area contributed by atoms with E-state index in [0.29, 0.717) is 25.7 Å². The first-order valence-electron chi connectivity index (χ1n) is 43.3. The van der Waals surface area contributed by atoms with Gasteiger partial charge in [0, 0.05) is 25.7 Å². The number of unbranched alkanes of at least 4 members (excludes halogenated alkanes) is 58. The number of aliphatic hydroxyl groups is 1. The van der Waals surface area contributed by atoms with Crippen LogP contribution >= 0.6 is 15.6 Å². The molecule has 0 aliphatic carbocycles. The minimum Gasteiger partial charge on any atom is -0.462 e. The zero-order valence-corrected chi connectivity index (χ0v) is 68.4. The van der Waals surface area contributed by atoms with E-state index in [1.54, 1.807) is 0 Å². The van der Waals surface area contributed by atoms with Crippen molar-refractivity contribution in [3.05, 3.63) is 0 Å². The maximum atomic E-state index is 13.1. The molecule has 0 saturated carbocycles. The van der Waals surface area contributed by atoms with E-state index in [9.17, 15) is 43.2 Å². The van der Waals surface area contributed by atoms with Crippen LogP contribution in [0, 0.1) is 0 Å². The van der Waals surface area contributed by atoms with Crippen LogP contribution in [-0.2, 0) is 65.4 Å². The van der Waals surface area contributed by atoms with Gasteiger partial charge in [-0.1, -0.05) is 400 Å². The number of hydrogen-bond acceptors (Lipinski definition) is 15. The lowest BCUT2D eigenvalue weighted by atomic mass is 10.0. The fraction of sp³-hybridized carbons (Fsp3) is 0.952. The minimum absolute atomic E-state index is 0.108. The smallest absolute Gasteiger partial charge is 0.462 e. The van der Waals surface area contributed by atoms with Crippen molar-refractivity contribution in [3.8, 4) is 0 Å². The molecule has 17 nitrogen and oxygen atoms in total. The topological polar surface area (TPSA) is 237 Å². The molecule has 0 spiro atoms. The number of esters is 4. The highest BCUT2D eigenvalue weighted by molar-refractivity contribution is 7.47. The van der Waals surface area contributed by atoms with Gasteiger partial charge in [-0.15, -0.1) is 0 Å². The number of carbonyl (C=O) groups excluding carboxylic acids is 4. The van der Waals surface area contributed by atoms with Crippen molar-refractivity contribution in [2.24, 2.45) is 0 Å². The Morgan fingerprint density at radius 1 is 0.235 bits per heavy atom. The Kier molecular flexibility index (Phi) is 75.8. The van der Waals surface area contributed by atoms with Crippen LogP contribution in [0.15, 0.2) is 0 Å². The second-order valence-corrected chi connectivity index (χ2v) is 32.8. The maximum Gasteiger partial charge on any atom is 0.472 e. The van der Waals surface area contributed by atoms with Gasteiger partial charge in [-0.3, -0.25) is 37.3 Å². The molecule has 0 heterocycles. The number of phosphoric ester groups is 2. The molecule has 0 bridgehead atoms. The standard InChI is InChI=1S/C83H162O17P2/c1-5-9-13-17-21-25-29-31-33-35-37-38-40-42-44-46-50-54-58-62-66-70-83(88)100-79(74-94-81(86)68-64-60-56-52-49-45-43-41-39-36-34-32-30-26-22-18-14-10-6-2)76-98-102(91,92)96-72-77(84)71-95-101(89,90)97-75-78(99-82(87)69-65-61-57-53-48-28-24-20-16-12-8-4)73-93-80(85)67-63-59-55-51-47-27-23-19-15-11-7-3/h77-79,84H,5-76H2,1-4H3,(H,89,90)(H,91,92)/t77-,78+,79+/m0/s1. The van der Waals surface area contributed by atoms with Crippen molar-refractivity contribution in [1.82, 2.24) is 0 Å². The number of phosphoric acid groups is 2. The Balaban J connectivity index is 5.20. The number of rotatable bonds is 84. The minimum atomic E-state index is -4.96. The predicted octanol–water partition coefficient (Wildman–Crippen LogP) is 25.4. The van der Waals surface area contributed by atoms with Gasteiger partial charge in [0.25, 0.3) is 0 Å². The van der Waals surface area contributed by atoms with Crippen molar-refractivity contribution in [2.45, 2.75) is 470 Å². The lowest BCUT2D eigenvalue weighted by Gasteiger charge is -2.21. The highest BCUT2D eigenvalue weighted by atomic mass is 31.2. The van der Waals surface area contributed by atoms with Crippen LogP contribution in [-0.4, -0.2) is 96.7 Å². The molecule has 0 aromatic rings. The van der Waals surface area contributed by atoms with Gasteiger partial charge < -0.3 is 33.8 Å². The third-order valence-electron chi connectivity index (χ3n) is 19.6. The summed E-state index contributed by atoms with van der Waals surface area (Å²) in [5, 5.41) is 10.6. The monoisotopic (exact) mass is 1490 g/mol. The number of aliphatic hydroxyl groups excluding tert-OH is 1. The van der Waals surface area contributed by atoms with Gasteiger partial charge in [0.05, 0.1) is 26.4 Å². The SMILES string of the molecule is CCCCCCCCCCCCCCCCCCCCCCCC(=O)O[C@H](COC(=O)CCCCCCCCCCCCCCCCCCCCC)COP(=O)(O)OC[C@@H](O)COP(=O)(O)OC[C@@H](COC(=O)CCCCCCCCCCCCC)OC(=O)CCCCCCCCCCCCC. The van der Waals surface area contributed by atoms with Crippen LogP contribution in [0.3, 0.4) is 0 Å². The van der Waals surface area contributed by atoms with Gasteiger partial charge in [0.15, 0.2) is 12.2 Å². The van der Waals surface area contributed by atoms with E-state index in [4.69, 9.17) is 37.0 Å². The summed E-state index contributed by atoms with van der Waals surface area (Å²) in [5.74, 6) is -2.10. The molecule has 5 atom stereocenters. The van der Waals surface area contributed by atoms with Crippen LogP contribution in [0.4, 0.5) is 0 Å². The second-order valence-electron chi connectivity index (χ2n) is 29.9. The lowest BCUT2D eigenvalue weighted by molar-refractivity contribution is -0.161. The molecule has 0 aromatic heterocycles. The molecule has 0 aromatic carbocycles. The Hall–Kier alpha value is -1.94. The Morgan fingerprint density at radius 2 is 0.392 bits per heavy atom. The molecule has 2 unspecified atom stereocenters. The van der Waals surface area contributed by atoms with E-state index >= 15 is 0 Å². The summed E-state index contributed by atoms with van der Waals surface area (Å²) in [6, 6.07) is 0. The molecule has 102 heavy (non-hydrogen) atoms. The largest absolute Gasteiger partial charge is 0.472 e. The first-order valence-corrected chi connectivity index (χ1v) is 46.3. The molecule has 0 radical (unpaired) electrons. The van der Waals surface area contributed by atoms with E-state index in [1.165, 1.54) is 283 Å². The zero-order chi connectivity index (χ0) is 74.6. The average molecular weight is 1490 g/mol. The Morgan fingerprint density at radius 3 is 0.578 bits per heavy atom. The first-order chi connectivity index (χ1) is 49.7.